The van der Waals surface area contributed by atoms with E-state index in [1.54, 1.807) is 39.8 Å². The average Bonchev–Trinajstić information content (AvgIpc) is 2.86. The van der Waals surface area contributed by atoms with Crippen LogP contribution in [0.25, 0.3) is 0 Å². The van der Waals surface area contributed by atoms with Crippen LogP contribution < -0.4 is 11.2 Å². The molecule has 0 bridgehead atoms. The van der Waals surface area contributed by atoms with Gasteiger partial charge in [-0.15, -0.1) is 0 Å². The van der Waals surface area contributed by atoms with Crippen LogP contribution >= 0.6 is 0 Å². The van der Waals surface area contributed by atoms with Crippen molar-refractivity contribution in [3.8, 4) is 6.07 Å². The lowest BCUT2D eigenvalue weighted by Gasteiger charge is -2.26. The summed E-state index contributed by atoms with van der Waals surface area (Å²) in [6.45, 7) is 9.77. The molecule has 0 spiro atoms. The fraction of sp³-hybridized carbons (Fsp3) is 0.500. The van der Waals surface area contributed by atoms with Gasteiger partial charge in [0.1, 0.15) is 5.69 Å². The number of rotatable bonds is 9. The molecule has 0 N–H and O–H groups in total. The van der Waals surface area contributed by atoms with E-state index < -0.39 is 35.7 Å². The summed E-state index contributed by atoms with van der Waals surface area (Å²) in [6.07, 6.45) is 0.124. The van der Waals surface area contributed by atoms with Crippen LogP contribution in [-0.4, -0.2) is 58.6 Å². The van der Waals surface area contributed by atoms with Gasteiger partial charge < -0.3 is 9.47 Å². The maximum atomic E-state index is 13.6. The molecule has 0 atom stereocenters. The number of aromatic nitrogens is 2. The molecule has 2 aromatic rings. The molecule has 192 valence electrons. The number of ketones is 1. The largest absolute Gasteiger partial charge is 0.444 e. The number of esters is 1. The number of hydrogen-bond donors (Lipinski definition) is 0. The van der Waals surface area contributed by atoms with Gasteiger partial charge in [-0.25, -0.2) is 9.36 Å². The Balaban J connectivity index is 1.94. The highest BCUT2D eigenvalue weighted by atomic mass is 16.5. The summed E-state index contributed by atoms with van der Waals surface area (Å²) in [5, 5.41) is 9.30. The van der Waals surface area contributed by atoms with Gasteiger partial charge in [-0.1, -0.05) is 13.8 Å². The number of hydrogen-bond acceptors (Lipinski definition) is 8. The molecule has 0 saturated carbocycles. The predicted octanol–water partition coefficient (Wildman–Crippen LogP) is 1.79. The predicted molar refractivity (Wildman–Crippen MR) is 132 cm³/mol. The Morgan fingerprint density at radius 3 is 2.44 bits per heavy atom. The van der Waals surface area contributed by atoms with Gasteiger partial charge in [0.2, 0.25) is 5.78 Å². The minimum absolute atomic E-state index is 0.00752. The number of morpholine rings is 1. The van der Waals surface area contributed by atoms with Crippen molar-refractivity contribution in [2.75, 3.05) is 32.8 Å². The summed E-state index contributed by atoms with van der Waals surface area (Å²) in [5.74, 6) is -1.42. The molecule has 0 aliphatic carbocycles. The van der Waals surface area contributed by atoms with Gasteiger partial charge in [-0.05, 0) is 43.5 Å². The van der Waals surface area contributed by atoms with E-state index in [0.717, 1.165) is 17.7 Å². The molecule has 1 aliphatic rings. The van der Waals surface area contributed by atoms with Crippen LogP contribution in [0.5, 0.6) is 0 Å². The highest BCUT2D eigenvalue weighted by Crippen LogP contribution is 2.20. The first-order valence-electron chi connectivity index (χ1n) is 12.1. The van der Waals surface area contributed by atoms with Crippen LogP contribution in [0.15, 0.2) is 27.8 Å². The number of carbonyl (C=O) groups excluding carboxylic acids is 2. The molecule has 1 fully saturated rings. The molecule has 1 aromatic heterocycles. The summed E-state index contributed by atoms with van der Waals surface area (Å²) in [6, 6.07) is 6.75. The van der Waals surface area contributed by atoms with E-state index >= 15 is 0 Å². The number of benzene rings is 1. The zero-order chi connectivity index (χ0) is 26.4. The van der Waals surface area contributed by atoms with Crippen molar-refractivity contribution < 1.29 is 19.1 Å². The van der Waals surface area contributed by atoms with Gasteiger partial charge >= 0.3 is 11.7 Å². The standard InChI is InChI=1S/C26H32N4O6/c1-5-29-23(24(32)20-13-18(4)12-19(14-20)15-27)22(17(2)3)25(33)30(26(29)34)16-36-21(31)6-7-28-8-10-35-11-9-28/h12-14,17H,5-11,16H2,1-4H3. The number of nitrogens with zero attached hydrogens (tertiary/aromatic N) is 4. The minimum atomic E-state index is -0.732. The van der Waals surface area contributed by atoms with Crippen molar-refractivity contribution in [1.82, 2.24) is 14.0 Å². The summed E-state index contributed by atoms with van der Waals surface area (Å²) >= 11 is 0. The van der Waals surface area contributed by atoms with E-state index in [9.17, 15) is 24.4 Å². The van der Waals surface area contributed by atoms with Gasteiger partial charge in [0.05, 0.1) is 31.3 Å². The Kier molecular flexibility index (Phi) is 8.96. The second-order valence-corrected chi connectivity index (χ2v) is 9.06. The van der Waals surface area contributed by atoms with Crippen LogP contribution in [0.2, 0.25) is 0 Å². The maximum Gasteiger partial charge on any atom is 0.334 e. The summed E-state index contributed by atoms with van der Waals surface area (Å²) in [7, 11) is 0. The summed E-state index contributed by atoms with van der Waals surface area (Å²) < 4.78 is 12.7. The molecule has 0 radical (unpaired) electrons. The van der Waals surface area contributed by atoms with Crippen LogP contribution in [0.4, 0.5) is 0 Å². The van der Waals surface area contributed by atoms with Gasteiger partial charge in [0.25, 0.3) is 5.56 Å². The molecule has 3 rings (SSSR count). The SMILES string of the molecule is CCn1c(C(=O)c2cc(C)cc(C#N)c2)c(C(C)C)c(=O)n(COC(=O)CCN2CCOCC2)c1=O. The number of ether oxygens (including phenoxy) is 2. The molecule has 2 heterocycles. The van der Waals surface area contributed by atoms with Crippen molar-refractivity contribution in [2.24, 2.45) is 0 Å². The first-order valence-corrected chi connectivity index (χ1v) is 12.1. The van der Waals surface area contributed by atoms with E-state index in [0.29, 0.717) is 30.9 Å². The van der Waals surface area contributed by atoms with Crippen molar-refractivity contribution >= 4 is 11.8 Å². The van der Waals surface area contributed by atoms with E-state index in [-0.39, 0.29) is 29.8 Å². The molecular formula is C26H32N4O6. The second kappa shape index (κ2) is 11.9. The van der Waals surface area contributed by atoms with Crippen molar-refractivity contribution in [2.45, 2.75) is 53.3 Å². The Morgan fingerprint density at radius 2 is 1.83 bits per heavy atom. The molecule has 0 unspecified atom stereocenters. The third-order valence-corrected chi connectivity index (χ3v) is 6.13. The number of aryl methyl sites for hydroxylation is 1. The topological polar surface area (TPSA) is 124 Å². The number of carbonyl (C=O) groups is 2. The zero-order valence-corrected chi connectivity index (χ0v) is 21.2. The van der Waals surface area contributed by atoms with Crippen molar-refractivity contribution in [3.63, 3.8) is 0 Å². The summed E-state index contributed by atoms with van der Waals surface area (Å²) in [5.41, 5.74) is -0.000524. The zero-order valence-electron chi connectivity index (χ0n) is 21.2. The van der Waals surface area contributed by atoms with Gasteiger partial charge in [-0.2, -0.15) is 5.26 Å². The van der Waals surface area contributed by atoms with E-state index in [1.165, 1.54) is 10.6 Å². The fourth-order valence-corrected chi connectivity index (χ4v) is 4.29. The van der Waals surface area contributed by atoms with Crippen LogP contribution in [0.1, 0.15) is 65.9 Å². The van der Waals surface area contributed by atoms with E-state index in [4.69, 9.17) is 9.47 Å². The van der Waals surface area contributed by atoms with Gasteiger partial charge in [0.15, 0.2) is 6.73 Å². The lowest BCUT2D eigenvalue weighted by Crippen LogP contribution is -2.45. The Hall–Kier alpha value is -3.55. The minimum Gasteiger partial charge on any atom is -0.444 e. The van der Waals surface area contributed by atoms with Gasteiger partial charge in [0, 0.05) is 37.3 Å². The third kappa shape index (κ3) is 5.98. The average molecular weight is 497 g/mol. The molecular weight excluding hydrogens is 464 g/mol. The maximum absolute atomic E-state index is 13.6. The fourth-order valence-electron chi connectivity index (χ4n) is 4.29. The molecule has 36 heavy (non-hydrogen) atoms. The lowest BCUT2D eigenvalue weighted by atomic mass is 9.95. The summed E-state index contributed by atoms with van der Waals surface area (Å²) in [4.78, 5) is 54.6. The third-order valence-electron chi connectivity index (χ3n) is 6.13. The van der Waals surface area contributed by atoms with E-state index in [2.05, 4.69) is 4.90 Å². The van der Waals surface area contributed by atoms with E-state index in [1.807, 2.05) is 6.07 Å². The van der Waals surface area contributed by atoms with Gasteiger partial charge in [-0.3, -0.25) is 23.9 Å². The van der Waals surface area contributed by atoms with Crippen molar-refractivity contribution in [1.29, 1.82) is 5.26 Å². The molecule has 1 aliphatic heterocycles. The Morgan fingerprint density at radius 1 is 1.14 bits per heavy atom. The van der Waals surface area contributed by atoms with Crippen LogP contribution in [0.3, 0.4) is 0 Å². The molecule has 10 heteroatoms. The molecule has 10 nitrogen and oxygen atoms in total. The Bertz CT molecular complexity index is 1300. The highest BCUT2D eigenvalue weighted by molar-refractivity contribution is 6.09. The highest BCUT2D eigenvalue weighted by Gasteiger charge is 2.27. The van der Waals surface area contributed by atoms with Crippen LogP contribution in [0, 0.1) is 18.3 Å². The first-order chi connectivity index (χ1) is 17.2. The lowest BCUT2D eigenvalue weighted by molar-refractivity contribution is -0.148. The second-order valence-electron chi connectivity index (χ2n) is 9.06. The Labute approximate surface area is 209 Å². The van der Waals surface area contributed by atoms with Crippen molar-refractivity contribution in [3.05, 3.63) is 67.0 Å². The first kappa shape index (κ1) is 27.0. The molecule has 1 saturated heterocycles. The smallest absolute Gasteiger partial charge is 0.334 e. The molecule has 1 aromatic carbocycles. The monoisotopic (exact) mass is 496 g/mol. The quantitative estimate of drug-likeness (QED) is 0.380. The number of nitriles is 1. The van der Waals surface area contributed by atoms with Crippen LogP contribution in [-0.2, 0) is 27.5 Å². The molecule has 0 amide bonds. The normalized spacial score (nSPS) is 14.0.